The van der Waals surface area contributed by atoms with Crippen LogP contribution in [0, 0.1) is 6.92 Å². The standard InChI is InChI=1S/C14H17NO4/c1-9-5-6-10(14(17)18-2)8-11(9)15-13(16)12-4-3-7-19-12/h5-6,8,12H,3-4,7H2,1-2H3,(H,15,16). The zero-order valence-corrected chi connectivity index (χ0v) is 11.1. The summed E-state index contributed by atoms with van der Waals surface area (Å²) in [4.78, 5) is 23.4. The SMILES string of the molecule is COC(=O)c1ccc(C)c(NC(=O)C2CCCO2)c1. The van der Waals surface area contributed by atoms with Crippen LogP contribution in [0.25, 0.3) is 0 Å². The van der Waals surface area contributed by atoms with Crippen LogP contribution in [-0.2, 0) is 14.3 Å². The van der Waals surface area contributed by atoms with Gasteiger partial charge in [0.2, 0.25) is 0 Å². The largest absolute Gasteiger partial charge is 0.465 e. The minimum atomic E-state index is -0.424. The monoisotopic (exact) mass is 263 g/mol. The molecule has 1 saturated heterocycles. The molecule has 1 aromatic rings. The third-order valence-electron chi connectivity index (χ3n) is 3.14. The lowest BCUT2D eigenvalue weighted by Crippen LogP contribution is -2.27. The maximum Gasteiger partial charge on any atom is 0.337 e. The second-order valence-corrected chi connectivity index (χ2v) is 4.51. The summed E-state index contributed by atoms with van der Waals surface area (Å²) < 4.78 is 9.98. The van der Waals surface area contributed by atoms with Gasteiger partial charge < -0.3 is 14.8 Å². The molecule has 1 fully saturated rings. The van der Waals surface area contributed by atoms with Crippen molar-refractivity contribution in [3.05, 3.63) is 29.3 Å². The first-order valence-electron chi connectivity index (χ1n) is 6.23. The van der Waals surface area contributed by atoms with Crippen LogP contribution in [0.3, 0.4) is 0 Å². The predicted molar refractivity (Wildman–Crippen MR) is 70.1 cm³/mol. The fourth-order valence-corrected chi connectivity index (χ4v) is 2.00. The average Bonchev–Trinajstić information content (AvgIpc) is 2.94. The highest BCUT2D eigenvalue weighted by atomic mass is 16.5. The molecule has 1 unspecified atom stereocenters. The number of methoxy groups -OCH3 is 1. The first-order valence-corrected chi connectivity index (χ1v) is 6.23. The zero-order chi connectivity index (χ0) is 13.8. The quantitative estimate of drug-likeness (QED) is 0.846. The Labute approximate surface area is 111 Å². The van der Waals surface area contributed by atoms with Crippen molar-refractivity contribution >= 4 is 17.6 Å². The number of rotatable bonds is 3. The van der Waals surface area contributed by atoms with E-state index >= 15 is 0 Å². The molecule has 1 aliphatic rings. The van der Waals surface area contributed by atoms with Crippen LogP contribution < -0.4 is 5.32 Å². The number of aryl methyl sites for hydroxylation is 1. The summed E-state index contributed by atoms with van der Waals surface area (Å²) in [5.74, 6) is -0.588. The van der Waals surface area contributed by atoms with Crippen molar-refractivity contribution in [2.24, 2.45) is 0 Å². The van der Waals surface area contributed by atoms with E-state index in [9.17, 15) is 9.59 Å². The molecular formula is C14H17NO4. The molecule has 0 saturated carbocycles. The lowest BCUT2D eigenvalue weighted by Gasteiger charge is -2.13. The van der Waals surface area contributed by atoms with E-state index < -0.39 is 5.97 Å². The van der Waals surface area contributed by atoms with Crippen molar-refractivity contribution in [3.63, 3.8) is 0 Å². The number of carbonyl (C=O) groups excluding carboxylic acids is 2. The van der Waals surface area contributed by atoms with E-state index in [0.717, 1.165) is 18.4 Å². The number of hydrogen-bond donors (Lipinski definition) is 1. The van der Waals surface area contributed by atoms with Gasteiger partial charge in [-0.3, -0.25) is 4.79 Å². The number of hydrogen-bond acceptors (Lipinski definition) is 4. The molecule has 1 atom stereocenters. The number of carbonyl (C=O) groups is 2. The Balaban J connectivity index is 2.14. The van der Waals surface area contributed by atoms with Gasteiger partial charge in [0.1, 0.15) is 6.10 Å². The van der Waals surface area contributed by atoms with Crippen LogP contribution in [0.15, 0.2) is 18.2 Å². The van der Waals surface area contributed by atoms with Gasteiger partial charge in [-0.2, -0.15) is 0 Å². The molecule has 0 aromatic heterocycles. The van der Waals surface area contributed by atoms with Crippen molar-refractivity contribution in [2.45, 2.75) is 25.9 Å². The molecule has 102 valence electrons. The van der Waals surface area contributed by atoms with Gasteiger partial charge in [-0.25, -0.2) is 4.79 Å². The topological polar surface area (TPSA) is 64.6 Å². The number of ether oxygens (including phenoxy) is 2. The summed E-state index contributed by atoms with van der Waals surface area (Å²) in [6, 6.07) is 5.06. The van der Waals surface area contributed by atoms with Crippen LogP contribution in [0.4, 0.5) is 5.69 Å². The Kier molecular flexibility index (Phi) is 4.16. The first kappa shape index (κ1) is 13.5. The fourth-order valence-electron chi connectivity index (χ4n) is 2.00. The smallest absolute Gasteiger partial charge is 0.337 e. The Morgan fingerprint density at radius 2 is 2.21 bits per heavy atom. The minimum absolute atomic E-state index is 0.164. The molecule has 1 amide bonds. The molecule has 1 N–H and O–H groups in total. The van der Waals surface area contributed by atoms with E-state index in [1.807, 2.05) is 6.92 Å². The van der Waals surface area contributed by atoms with Gasteiger partial charge in [0.25, 0.3) is 5.91 Å². The van der Waals surface area contributed by atoms with Crippen molar-refractivity contribution in [2.75, 3.05) is 19.0 Å². The fraction of sp³-hybridized carbons (Fsp3) is 0.429. The highest BCUT2D eigenvalue weighted by molar-refractivity contribution is 5.97. The predicted octanol–water partition coefficient (Wildman–Crippen LogP) is 1.90. The molecule has 19 heavy (non-hydrogen) atoms. The lowest BCUT2D eigenvalue weighted by molar-refractivity contribution is -0.124. The summed E-state index contributed by atoms with van der Waals surface area (Å²) >= 11 is 0. The number of anilines is 1. The number of nitrogens with one attached hydrogen (secondary N) is 1. The van der Waals surface area contributed by atoms with Crippen molar-refractivity contribution < 1.29 is 19.1 Å². The third kappa shape index (κ3) is 3.12. The van der Waals surface area contributed by atoms with Gasteiger partial charge in [0.15, 0.2) is 0 Å². The molecule has 1 aliphatic heterocycles. The molecular weight excluding hydrogens is 246 g/mol. The number of esters is 1. The lowest BCUT2D eigenvalue weighted by atomic mass is 10.1. The Morgan fingerprint density at radius 1 is 1.42 bits per heavy atom. The van der Waals surface area contributed by atoms with Gasteiger partial charge in [-0.15, -0.1) is 0 Å². The van der Waals surface area contributed by atoms with Crippen molar-refractivity contribution in [3.8, 4) is 0 Å². The minimum Gasteiger partial charge on any atom is -0.465 e. The van der Waals surface area contributed by atoms with E-state index in [-0.39, 0.29) is 12.0 Å². The molecule has 0 bridgehead atoms. The highest BCUT2D eigenvalue weighted by Crippen LogP contribution is 2.20. The maximum atomic E-state index is 12.0. The van der Waals surface area contributed by atoms with Crippen LogP contribution in [0.2, 0.25) is 0 Å². The van der Waals surface area contributed by atoms with Crippen LogP contribution >= 0.6 is 0 Å². The first-order chi connectivity index (χ1) is 9.11. The summed E-state index contributed by atoms with van der Waals surface area (Å²) in [7, 11) is 1.33. The second kappa shape index (κ2) is 5.84. The van der Waals surface area contributed by atoms with E-state index in [0.29, 0.717) is 17.9 Å². The maximum absolute atomic E-state index is 12.0. The molecule has 5 heteroatoms. The third-order valence-corrected chi connectivity index (χ3v) is 3.14. The molecule has 1 aromatic carbocycles. The Morgan fingerprint density at radius 3 is 2.84 bits per heavy atom. The van der Waals surface area contributed by atoms with Crippen molar-refractivity contribution in [1.29, 1.82) is 0 Å². The van der Waals surface area contributed by atoms with E-state index in [1.54, 1.807) is 18.2 Å². The summed E-state index contributed by atoms with van der Waals surface area (Å²) in [5.41, 5.74) is 1.91. The number of benzene rings is 1. The molecule has 0 spiro atoms. The van der Waals surface area contributed by atoms with Crippen LogP contribution in [0.1, 0.15) is 28.8 Å². The van der Waals surface area contributed by atoms with Crippen LogP contribution in [0.5, 0.6) is 0 Å². The summed E-state index contributed by atoms with van der Waals surface area (Å²) in [6.45, 7) is 2.49. The molecule has 0 aliphatic carbocycles. The van der Waals surface area contributed by atoms with Crippen LogP contribution in [-0.4, -0.2) is 31.7 Å². The Hall–Kier alpha value is -1.88. The van der Waals surface area contributed by atoms with E-state index in [2.05, 4.69) is 10.1 Å². The number of amides is 1. The molecule has 1 heterocycles. The van der Waals surface area contributed by atoms with E-state index in [4.69, 9.17) is 4.74 Å². The zero-order valence-electron chi connectivity index (χ0n) is 11.1. The second-order valence-electron chi connectivity index (χ2n) is 4.51. The van der Waals surface area contributed by atoms with Gasteiger partial charge in [0, 0.05) is 12.3 Å². The molecule has 2 rings (SSSR count). The van der Waals surface area contributed by atoms with Gasteiger partial charge in [0.05, 0.1) is 12.7 Å². The van der Waals surface area contributed by atoms with Crippen molar-refractivity contribution in [1.82, 2.24) is 0 Å². The summed E-state index contributed by atoms with van der Waals surface area (Å²) in [6.07, 6.45) is 1.25. The highest BCUT2D eigenvalue weighted by Gasteiger charge is 2.24. The summed E-state index contributed by atoms with van der Waals surface area (Å²) in [5, 5.41) is 2.80. The molecule has 0 radical (unpaired) electrons. The molecule has 5 nitrogen and oxygen atoms in total. The van der Waals surface area contributed by atoms with Gasteiger partial charge >= 0.3 is 5.97 Å². The Bertz CT molecular complexity index is 492. The van der Waals surface area contributed by atoms with Gasteiger partial charge in [-0.05, 0) is 37.5 Å². The average molecular weight is 263 g/mol. The van der Waals surface area contributed by atoms with E-state index in [1.165, 1.54) is 7.11 Å². The normalized spacial score (nSPS) is 18.1. The van der Waals surface area contributed by atoms with Gasteiger partial charge in [-0.1, -0.05) is 6.07 Å².